The third kappa shape index (κ3) is 3.48. The van der Waals surface area contributed by atoms with Crippen LogP contribution in [0.4, 0.5) is 27.1 Å². The lowest BCUT2D eigenvalue weighted by molar-refractivity contribution is -0.392. The van der Waals surface area contributed by atoms with Gasteiger partial charge in [0.25, 0.3) is 11.4 Å². The smallest absolute Gasteiger partial charge is 0.300 e. The topological polar surface area (TPSA) is 98.3 Å². The molecule has 2 rings (SSSR count). The normalized spacial score (nSPS) is 11.2. The Kier molecular flexibility index (Phi) is 4.50. The number of para-hydroxylation sites is 1. The molecule has 0 atom stereocenters. The molecule has 0 amide bonds. The molecule has 0 aromatic heterocycles. The van der Waals surface area contributed by atoms with Gasteiger partial charge < -0.3 is 5.32 Å². The maximum atomic E-state index is 13.8. The number of hydrogen-bond donors (Lipinski definition) is 1. The number of hydrogen-bond acceptors (Lipinski definition) is 5. The second kappa shape index (κ2) is 6.23. The van der Waals surface area contributed by atoms with Gasteiger partial charge in [-0.1, -0.05) is 32.9 Å². The van der Waals surface area contributed by atoms with Crippen molar-refractivity contribution in [2.45, 2.75) is 26.2 Å². The van der Waals surface area contributed by atoms with Crippen molar-refractivity contribution in [2.24, 2.45) is 0 Å². The van der Waals surface area contributed by atoms with Gasteiger partial charge in [0.15, 0.2) is 5.69 Å². The van der Waals surface area contributed by atoms with Crippen molar-refractivity contribution in [3.8, 4) is 0 Å². The molecule has 24 heavy (non-hydrogen) atoms. The van der Waals surface area contributed by atoms with Gasteiger partial charge in [0.2, 0.25) is 0 Å². The van der Waals surface area contributed by atoms with Crippen molar-refractivity contribution in [3.63, 3.8) is 0 Å². The average Bonchev–Trinajstić information content (AvgIpc) is 2.47. The highest BCUT2D eigenvalue weighted by molar-refractivity contribution is 5.80. The maximum Gasteiger partial charge on any atom is 0.300 e. The lowest BCUT2D eigenvalue weighted by Crippen LogP contribution is -2.13. The van der Waals surface area contributed by atoms with E-state index >= 15 is 0 Å². The molecule has 0 heterocycles. The summed E-state index contributed by atoms with van der Waals surface area (Å²) in [4.78, 5) is 21.4. The van der Waals surface area contributed by atoms with E-state index in [1.165, 1.54) is 30.3 Å². The number of nitro benzene ring substituents is 2. The lowest BCUT2D eigenvalue weighted by Gasteiger charge is -2.19. The minimum atomic E-state index is -0.717. The molecule has 0 fully saturated rings. The molecule has 0 aliphatic carbocycles. The zero-order valence-corrected chi connectivity index (χ0v) is 13.4. The molecule has 0 spiro atoms. The summed E-state index contributed by atoms with van der Waals surface area (Å²) in [6, 6.07) is 8.02. The maximum absolute atomic E-state index is 13.8. The molecule has 0 saturated heterocycles. The fourth-order valence-corrected chi connectivity index (χ4v) is 2.16. The van der Waals surface area contributed by atoms with Crippen LogP contribution in [-0.2, 0) is 5.41 Å². The van der Waals surface area contributed by atoms with Crippen molar-refractivity contribution >= 4 is 22.7 Å². The van der Waals surface area contributed by atoms with Crippen LogP contribution in [0.3, 0.4) is 0 Å². The Morgan fingerprint density at radius 3 is 1.92 bits per heavy atom. The van der Waals surface area contributed by atoms with Gasteiger partial charge in [-0.3, -0.25) is 20.2 Å². The van der Waals surface area contributed by atoms with Crippen LogP contribution in [0.1, 0.15) is 26.3 Å². The second-order valence-electron chi connectivity index (χ2n) is 6.26. The number of rotatable bonds is 4. The number of nitrogens with one attached hydrogen (secondary N) is 1. The Morgan fingerprint density at radius 2 is 1.50 bits per heavy atom. The molecule has 0 unspecified atom stereocenters. The molecule has 0 bridgehead atoms. The Morgan fingerprint density at radius 1 is 1.00 bits per heavy atom. The molecule has 8 heteroatoms. The van der Waals surface area contributed by atoms with Gasteiger partial charge >= 0.3 is 0 Å². The molecule has 0 aliphatic rings. The molecule has 2 aromatic carbocycles. The van der Waals surface area contributed by atoms with Gasteiger partial charge in [-0.05, 0) is 23.1 Å². The van der Waals surface area contributed by atoms with E-state index in [0.29, 0.717) is 5.56 Å². The van der Waals surface area contributed by atoms with Crippen LogP contribution < -0.4 is 5.32 Å². The summed E-state index contributed by atoms with van der Waals surface area (Å²) in [5.41, 5.74) is -1.45. The first-order valence-corrected chi connectivity index (χ1v) is 7.10. The summed E-state index contributed by atoms with van der Waals surface area (Å²) < 4.78 is 13.8. The molecule has 0 radical (unpaired) electrons. The Labute approximate surface area is 137 Å². The number of nitro groups is 2. The first-order valence-electron chi connectivity index (χ1n) is 7.10. The fourth-order valence-electron chi connectivity index (χ4n) is 2.16. The summed E-state index contributed by atoms with van der Waals surface area (Å²) in [5.74, 6) is -0.666. The highest BCUT2D eigenvalue weighted by atomic mass is 19.1. The first kappa shape index (κ1) is 17.3. The van der Waals surface area contributed by atoms with Crippen molar-refractivity contribution in [1.29, 1.82) is 0 Å². The van der Waals surface area contributed by atoms with Gasteiger partial charge in [0.1, 0.15) is 5.82 Å². The molecule has 7 nitrogen and oxygen atoms in total. The van der Waals surface area contributed by atoms with Gasteiger partial charge in [-0.2, -0.15) is 0 Å². The van der Waals surface area contributed by atoms with Crippen molar-refractivity contribution < 1.29 is 14.2 Å². The summed E-state index contributed by atoms with van der Waals surface area (Å²) in [6.07, 6.45) is 0. The van der Waals surface area contributed by atoms with E-state index in [0.717, 1.165) is 6.07 Å². The van der Waals surface area contributed by atoms with Crippen LogP contribution in [0.5, 0.6) is 0 Å². The quantitative estimate of drug-likeness (QED) is 0.647. The number of anilines is 2. The van der Waals surface area contributed by atoms with E-state index in [9.17, 15) is 24.6 Å². The Bertz CT molecular complexity index is 780. The molecule has 0 aliphatic heterocycles. The number of benzene rings is 2. The SMILES string of the molecule is CC(C)(C)c1cc([N+](=O)[O-])c(Nc2ccccc2F)c([N+](=O)[O-])c1. The minimum absolute atomic E-state index is 0.0767. The summed E-state index contributed by atoms with van der Waals surface area (Å²) in [5, 5.41) is 25.3. The van der Waals surface area contributed by atoms with Crippen molar-refractivity contribution in [2.75, 3.05) is 5.32 Å². The van der Waals surface area contributed by atoms with Gasteiger partial charge in [-0.15, -0.1) is 0 Å². The number of nitrogens with zero attached hydrogens (tertiary/aromatic N) is 2. The second-order valence-corrected chi connectivity index (χ2v) is 6.26. The fraction of sp³-hybridized carbons (Fsp3) is 0.250. The van der Waals surface area contributed by atoms with E-state index in [1.807, 2.05) is 0 Å². The van der Waals surface area contributed by atoms with Crippen LogP contribution in [0.2, 0.25) is 0 Å². The van der Waals surface area contributed by atoms with E-state index in [2.05, 4.69) is 5.32 Å². The van der Waals surface area contributed by atoms with E-state index in [4.69, 9.17) is 0 Å². The van der Waals surface area contributed by atoms with Crippen LogP contribution in [-0.4, -0.2) is 9.85 Å². The summed E-state index contributed by atoms with van der Waals surface area (Å²) >= 11 is 0. The molecular weight excluding hydrogens is 317 g/mol. The average molecular weight is 333 g/mol. The standard InChI is InChI=1S/C16H16FN3O4/c1-16(2,3)10-8-13(19(21)22)15(14(9-10)20(23)24)18-12-7-5-4-6-11(12)17/h4-9,18H,1-3H3. The van der Waals surface area contributed by atoms with Crippen LogP contribution >= 0.6 is 0 Å². The van der Waals surface area contributed by atoms with Crippen molar-refractivity contribution in [3.05, 3.63) is 68.0 Å². The zero-order valence-electron chi connectivity index (χ0n) is 13.4. The molecule has 1 N–H and O–H groups in total. The summed E-state index contributed by atoms with van der Waals surface area (Å²) in [6.45, 7) is 5.37. The van der Waals surface area contributed by atoms with Crippen LogP contribution in [0, 0.1) is 26.0 Å². The van der Waals surface area contributed by atoms with E-state index in [-0.39, 0.29) is 11.4 Å². The van der Waals surface area contributed by atoms with E-state index in [1.54, 1.807) is 20.8 Å². The highest BCUT2D eigenvalue weighted by Crippen LogP contribution is 2.40. The lowest BCUT2D eigenvalue weighted by atomic mass is 9.86. The van der Waals surface area contributed by atoms with Crippen LogP contribution in [0.15, 0.2) is 36.4 Å². The third-order valence-electron chi connectivity index (χ3n) is 3.49. The highest BCUT2D eigenvalue weighted by Gasteiger charge is 2.30. The molecule has 2 aromatic rings. The zero-order chi connectivity index (χ0) is 18.1. The largest absolute Gasteiger partial charge is 0.342 e. The Balaban J connectivity index is 2.71. The first-order chi connectivity index (χ1) is 11.1. The predicted octanol–water partition coefficient (Wildman–Crippen LogP) is 4.68. The van der Waals surface area contributed by atoms with Gasteiger partial charge in [0, 0.05) is 12.1 Å². The molecular formula is C16H16FN3O4. The Hall–Kier alpha value is -3.03. The molecule has 126 valence electrons. The monoisotopic (exact) mass is 333 g/mol. The minimum Gasteiger partial charge on any atom is -0.342 e. The van der Waals surface area contributed by atoms with Gasteiger partial charge in [-0.25, -0.2) is 4.39 Å². The number of halogens is 1. The summed E-state index contributed by atoms with van der Waals surface area (Å²) in [7, 11) is 0. The van der Waals surface area contributed by atoms with E-state index < -0.39 is 32.5 Å². The van der Waals surface area contributed by atoms with Gasteiger partial charge in [0.05, 0.1) is 15.5 Å². The third-order valence-corrected chi connectivity index (χ3v) is 3.49. The van der Waals surface area contributed by atoms with Crippen LogP contribution in [0.25, 0.3) is 0 Å². The molecule has 0 saturated carbocycles. The van der Waals surface area contributed by atoms with Crippen molar-refractivity contribution in [1.82, 2.24) is 0 Å². The predicted molar refractivity (Wildman–Crippen MR) is 88.1 cm³/mol.